The van der Waals surface area contributed by atoms with Gasteiger partial charge in [0.2, 0.25) is 0 Å². The van der Waals surface area contributed by atoms with E-state index in [9.17, 15) is 20.2 Å². The molecule has 10 heteroatoms. The Bertz CT molecular complexity index is 1300. The molecule has 1 N–H and O–H groups in total. The molecule has 0 aliphatic carbocycles. The Labute approximate surface area is 217 Å². The predicted molar refractivity (Wildman–Crippen MR) is 140 cm³/mol. The molecule has 0 saturated carbocycles. The van der Waals surface area contributed by atoms with Crippen LogP contribution in [-0.4, -0.2) is 17.9 Å². The molecule has 0 fully saturated rings. The van der Waals surface area contributed by atoms with Gasteiger partial charge >= 0.3 is 0 Å². The van der Waals surface area contributed by atoms with Crippen LogP contribution in [0.25, 0.3) is 6.08 Å². The SMILES string of the molecule is COc1cc(/C=C(/C#N)C(=O)Nc2ccc(Br)cc2)cc(I)c1OCc1cccc([N+](=O)[O-])c1. The fraction of sp³-hybridized carbons (Fsp3) is 0.0833. The molecular weight excluding hydrogens is 617 g/mol. The summed E-state index contributed by atoms with van der Waals surface area (Å²) in [5.41, 5.74) is 1.67. The van der Waals surface area contributed by atoms with Gasteiger partial charge in [-0.3, -0.25) is 14.9 Å². The predicted octanol–water partition coefficient (Wildman–Crippen LogP) is 6.10. The van der Waals surface area contributed by atoms with E-state index in [0.717, 1.165) is 4.47 Å². The standard InChI is InChI=1S/C24H17BrIN3O5/c1-33-22-12-16(9-17(13-27)24(30)28-19-7-5-18(25)6-8-19)11-21(26)23(22)34-14-15-3-2-4-20(10-15)29(31)32/h2-12H,14H2,1H3,(H,28,30)/b17-9-. The number of carbonyl (C=O) groups excluding carboxylic acids is 1. The fourth-order valence-electron chi connectivity index (χ4n) is 2.93. The van der Waals surface area contributed by atoms with Crippen LogP contribution in [0.5, 0.6) is 11.5 Å². The average Bonchev–Trinajstić information content (AvgIpc) is 2.83. The fourth-order valence-corrected chi connectivity index (χ4v) is 3.97. The minimum Gasteiger partial charge on any atom is -0.493 e. The molecule has 0 radical (unpaired) electrons. The summed E-state index contributed by atoms with van der Waals surface area (Å²) in [6.07, 6.45) is 1.46. The molecule has 0 saturated heterocycles. The maximum Gasteiger partial charge on any atom is 0.269 e. The number of benzene rings is 3. The van der Waals surface area contributed by atoms with Crippen LogP contribution in [-0.2, 0) is 11.4 Å². The lowest BCUT2D eigenvalue weighted by atomic mass is 10.1. The zero-order chi connectivity index (χ0) is 24.7. The zero-order valence-electron chi connectivity index (χ0n) is 17.7. The number of ether oxygens (including phenoxy) is 2. The van der Waals surface area contributed by atoms with Gasteiger partial charge in [0.05, 0.1) is 15.6 Å². The van der Waals surface area contributed by atoms with Gasteiger partial charge in [-0.25, -0.2) is 0 Å². The molecule has 1 amide bonds. The van der Waals surface area contributed by atoms with Crippen LogP contribution in [0, 0.1) is 25.0 Å². The minimum atomic E-state index is -0.537. The van der Waals surface area contributed by atoms with Gasteiger partial charge in [0.1, 0.15) is 18.2 Å². The van der Waals surface area contributed by atoms with Crippen molar-refractivity contribution < 1.29 is 19.2 Å². The molecule has 0 unspecified atom stereocenters. The van der Waals surface area contributed by atoms with Crippen molar-refractivity contribution in [2.24, 2.45) is 0 Å². The molecule has 0 spiro atoms. The molecule has 3 aromatic carbocycles. The summed E-state index contributed by atoms with van der Waals surface area (Å²) in [5.74, 6) is 0.309. The Kier molecular flexibility index (Phi) is 8.61. The van der Waals surface area contributed by atoms with Crippen molar-refractivity contribution >= 4 is 61.9 Å². The van der Waals surface area contributed by atoms with Gasteiger partial charge in [-0.05, 0) is 76.2 Å². The third-order valence-corrected chi connectivity index (χ3v) is 5.86. The number of carbonyl (C=O) groups is 1. The maximum absolute atomic E-state index is 12.6. The number of hydrogen-bond acceptors (Lipinski definition) is 6. The highest BCUT2D eigenvalue weighted by Gasteiger charge is 2.15. The number of non-ortho nitro benzene ring substituents is 1. The number of nitro groups is 1. The average molecular weight is 634 g/mol. The lowest BCUT2D eigenvalue weighted by Gasteiger charge is -2.14. The summed E-state index contributed by atoms with van der Waals surface area (Å²) in [6.45, 7) is 0.0995. The normalized spacial score (nSPS) is 10.8. The highest BCUT2D eigenvalue weighted by atomic mass is 127. The van der Waals surface area contributed by atoms with Crippen LogP contribution >= 0.6 is 38.5 Å². The van der Waals surface area contributed by atoms with Crippen molar-refractivity contribution in [3.63, 3.8) is 0 Å². The Hall–Kier alpha value is -3.43. The zero-order valence-corrected chi connectivity index (χ0v) is 21.5. The molecule has 34 heavy (non-hydrogen) atoms. The number of anilines is 1. The molecule has 0 aliphatic heterocycles. The van der Waals surface area contributed by atoms with Gasteiger partial charge in [0.15, 0.2) is 11.5 Å². The first kappa shape index (κ1) is 25.2. The van der Waals surface area contributed by atoms with Gasteiger partial charge in [0.25, 0.3) is 11.6 Å². The minimum absolute atomic E-state index is 0.0197. The number of nitro benzene ring substituents is 1. The van der Waals surface area contributed by atoms with Crippen molar-refractivity contribution in [3.05, 3.63) is 95.5 Å². The second-order valence-electron chi connectivity index (χ2n) is 6.88. The topological polar surface area (TPSA) is 114 Å². The lowest BCUT2D eigenvalue weighted by molar-refractivity contribution is -0.384. The number of amides is 1. The highest BCUT2D eigenvalue weighted by Crippen LogP contribution is 2.35. The van der Waals surface area contributed by atoms with Crippen LogP contribution < -0.4 is 14.8 Å². The van der Waals surface area contributed by atoms with E-state index in [4.69, 9.17) is 9.47 Å². The van der Waals surface area contributed by atoms with E-state index in [-0.39, 0.29) is 17.9 Å². The number of methoxy groups -OCH3 is 1. The van der Waals surface area contributed by atoms with Gasteiger partial charge in [-0.2, -0.15) is 5.26 Å². The molecule has 3 aromatic rings. The summed E-state index contributed by atoms with van der Waals surface area (Å²) in [6, 6.07) is 18.5. The lowest BCUT2D eigenvalue weighted by Crippen LogP contribution is -2.13. The van der Waals surface area contributed by atoms with Crippen molar-refractivity contribution in [2.45, 2.75) is 6.61 Å². The number of nitrogens with zero attached hydrogens (tertiary/aromatic N) is 2. The van der Waals surface area contributed by atoms with Crippen molar-refractivity contribution in [1.82, 2.24) is 0 Å². The summed E-state index contributed by atoms with van der Waals surface area (Å²) in [5, 5.41) is 23.2. The molecule has 3 rings (SSSR count). The first-order chi connectivity index (χ1) is 16.3. The van der Waals surface area contributed by atoms with E-state index in [2.05, 4.69) is 43.8 Å². The molecule has 0 atom stereocenters. The highest BCUT2D eigenvalue weighted by molar-refractivity contribution is 14.1. The molecule has 0 heterocycles. The van der Waals surface area contributed by atoms with Gasteiger partial charge in [-0.1, -0.05) is 28.1 Å². The molecule has 0 bridgehead atoms. The first-order valence-electron chi connectivity index (χ1n) is 9.73. The largest absolute Gasteiger partial charge is 0.493 e. The molecule has 172 valence electrons. The van der Waals surface area contributed by atoms with Gasteiger partial charge in [0, 0.05) is 22.3 Å². The van der Waals surface area contributed by atoms with E-state index < -0.39 is 10.8 Å². The van der Waals surface area contributed by atoms with E-state index in [0.29, 0.717) is 31.9 Å². The van der Waals surface area contributed by atoms with Crippen LogP contribution in [0.1, 0.15) is 11.1 Å². The van der Waals surface area contributed by atoms with Gasteiger partial charge in [-0.15, -0.1) is 0 Å². The Balaban J connectivity index is 1.81. The number of rotatable bonds is 8. The van der Waals surface area contributed by atoms with E-state index in [1.54, 1.807) is 48.5 Å². The number of nitrogens with one attached hydrogen (secondary N) is 1. The quantitative estimate of drug-likeness (QED) is 0.105. The van der Waals surface area contributed by atoms with Crippen molar-refractivity contribution in [1.29, 1.82) is 5.26 Å². The van der Waals surface area contributed by atoms with Crippen LogP contribution in [0.4, 0.5) is 11.4 Å². The number of hydrogen-bond donors (Lipinski definition) is 1. The van der Waals surface area contributed by atoms with E-state index in [1.165, 1.54) is 25.3 Å². The van der Waals surface area contributed by atoms with E-state index in [1.807, 2.05) is 6.07 Å². The third kappa shape index (κ3) is 6.55. The molecule has 0 aliphatic rings. The number of halogens is 2. The summed E-state index contributed by atoms with van der Waals surface area (Å²) in [7, 11) is 1.48. The van der Waals surface area contributed by atoms with Crippen molar-refractivity contribution in [3.8, 4) is 17.6 Å². The Morgan fingerprint density at radius 3 is 2.62 bits per heavy atom. The smallest absolute Gasteiger partial charge is 0.269 e. The molecular formula is C24H17BrIN3O5. The molecule has 8 nitrogen and oxygen atoms in total. The summed E-state index contributed by atoms with van der Waals surface area (Å²) in [4.78, 5) is 23.1. The Morgan fingerprint density at radius 2 is 1.97 bits per heavy atom. The Morgan fingerprint density at radius 1 is 1.24 bits per heavy atom. The van der Waals surface area contributed by atoms with E-state index >= 15 is 0 Å². The first-order valence-corrected chi connectivity index (χ1v) is 11.6. The molecule has 0 aromatic heterocycles. The monoisotopic (exact) mass is 633 g/mol. The summed E-state index contributed by atoms with van der Waals surface area (Å²) >= 11 is 5.39. The van der Waals surface area contributed by atoms with Crippen molar-refractivity contribution in [2.75, 3.05) is 12.4 Å². The van der Waals surface area contributed by atoms with Gasteiger partial charge < -0.3 is 14.8 Å². The number of nitriles is 1. The van der Waals surface area contributed by atoms with Crippen LogP contribution in [0.3, 0.4) is 0 Å². The second-order valence-corrected chi connectivity index (χ2v) is 8.96. The second kappa shape index (κ2) is 11.6. The van der Waals surface area contributed by atoms with Crippen LogP contribution in [0.2, 0.25) is 0 Å². The van der Waals surface area contributed by atoms with Crippen LogP contribution in [0.15, 0.2) is 70.7 Å². The maximum atomic E-state index is 12.6. The third-order valence-electron chi connectivity index (χ3n) is 4.53. The summed E-state index contributed by atoms with van der Waals surface area (Å²) < 4.78 is 12.9.